The number of piperidine rings is 1. The number of aryl methyl sites for hydroxylation is 1. The third-order valence-corrected chi connectivity index (χ3v) is 22.4. The number of nitrogens with two attached hydrogens (primary N) is 1. The molecule has 5 aliphatic rings. The number of benzene rings is 1. The van der Waals surface area contributed by atoms with Gasteiger partial charge in [-0.25, -0.2) is 0 Å². The van der Waals surface area contributed by atoms with Crippen molar-refractivity contribution in [2.45, 2.75) is 236 Å². The van der Waals surface area contributed by atoms with Crippen molar-refractivity contribution in [1.82, 2.24) is 60.0 Å². The highest BCUT2D eigenvalue weighted by Crippen LogP contribution is 2.38. The number of alkyl halides is 3. The summed E-state index contributed by atoms with van der Waals surface area (Å²) < 4.78 is 41.8. The minimum Gasteiger partial charge on any atom is -0.343 e. The Morgan fingerprint density at radius 2 is 1.23 bits per heavy atom. The van der Waals surface area contributed by atoms with E-state index in [2.05, 4.69) is 16.0 Å². The molecule has 12 amide bonds. The molecule has 1 spiro atoms. The van der Waals surface area contributed by atoms with E-state index in [9.17, 15) is 46.7 Å². The molecule has 6 rings (SSSR count). The summed E-state index contributed by atoms with van der Waals surface area (Å²) in [5, 5.41) is 8.09. The standard InChI is InChI=1S/C74H117ClF3N13O12/c1-12-49(4)64-70(101)85(7)46-62(95)83(5)47-63(96)87(9)57(42-50-26-16-13-17-27-50)68(99)84(6)44-59(92)80-55(33-31-51-30-32-53(54(75)41-51)74(76,77)78)67(98)91(39-25-22-36-79)45-60(93)82-73(34-20-21-35-73)72(103)89(11)65(52-28-18-14-19-29-52)71(102)88(10)58(69(100)90-37-23-15-24-38-90)43-61(94)86(8)56(40-48(2)3)66(97)81-64/h30,32,41,48-50,52,55-58,64-65H,12-29,31,33-40,42-47,79H2,1-11H3,(H,80,92)(H,81,97)(H,82,93)/t49-,55-,56-,57-,58-,64-,65-/m0/s1. The summed E-state index contributed by atoms with van der Waals surface area (Å²) in [4.78, 5) is 191. The Balaban J connectivity index is 1.46. The van der Waals surface area contributed by atoms with Crippen LogP contribution in [0, 0.1) is 23.7 Å². The first-order valence-corrected chi connectivity index (χ1v) is 37.9. The van der Waals surface area contributed by atoms with Crippen LogP contribution >= 0.6 is 11.6 Å². The molecule has 0 aromatic heterocycles. The van der Waals surface area contributed by atoms with E-state index < -0.39 is 174 Å². The molecule has 3 saturated carbocycles. The van der Waals surface area contributed by atoms with Crippen molar-refractivity contribution in [3.05, 3.63) is 34.3 Å². The van der Waals surface area contributed by atoms with Gasteiger partial charge >= 0.3 is 6.18 Å². The van der Waals surface area contributed by atoms with Crippen LogP contribution < -0.4 is 21.7 Å². The third kappa shape index (κ3) is 23.2. The third-order valence-electron chi connectivity index (χ3n) is 22.1. The van der Waals surface area contributed by atoms with Crippen LogP contribution in [0.5, 0.6) is 0 Å². The van der Waals surface area contributed by atoms with Crippen LogP contribution in [0.4, 0.5) is 13.2 Å². The number of likely N-dealkylation sites (tertiary alicyclic amines) is 1. The Kier molecular flexibility index (Phi) is 32.4. The molecule has 103 heavy (non-hydrogen) atoms. The van der Waals surface area contributed by atoms with Gasteiger partial charge in [0, 0.05) is 69.0 Å². The summed E-state index contributed by atoms with van der Waals surface area (Å²) in [6.45, 7) is 5.84. The van der Waals surface area contributed by atoms with E-state index in [0.29, 0.717) is 64.5 Å². The van der Waals surface area contributed by atoms with Crippen molar-refractivity contribution < 1.29 is 70.7 Å². The molecule has 25 nitrogen and oxygen atoms in total. The molecule has 1 aromatic rings. The van der Waals surface area contributed by atoms with Gasteiger partial charge in [0.2, 0.25) is 70.9 Å². The topological polar surface area (TPSA) is 296 Å². The molecule has 5 N–H and O–H groups in total. The Morgan fingerprint density at radius 1 is 0.641 bits per heavy atom. The minimum atomic E-state index is -4.77. The smallest absolute Gasteiger partial charge is 0.343 e. The number of unbranched alkanes of at least 4 members (excludes halogenated alkanes) is 1. The zero-order valence-electron chi connectivity index (χ0n) is 62.9. The monoisotopic (exact) mass is 1470 g/mol. The van der Waals surface area contributed by atoms with Gasteiger partial charge in [0.05, 0.1) is 43.2 Å². The first kappa shape index (κ1) is 84.8. The van der Waals surface area contributed by atoms with Crippen molar-refractivity contribution >= 4 is 82.5 Å². The Morgan fingerprint density at radius 3 is 1.83 bits per heavy atom. The number of halogens is 4. The maximum absolute atomic E-state index is 15.8. The van der Waals surface area contributed by atoms with Crippen LogP contribution in [0.2, 0.25) is 5.02 Å². The minimum absolute atomic E-state index is 0.00768. The molecule has 0 bridgehead atoms. The van der Waals surface area contributed by atoms with Gasteiger partial charge in [-0.2, -0.15) is 13.2 Å². The van der Waals surface area contributed by atoms with Crippen LogP contribution in [0.25, 0.3) is 0 Å². The second-order valence-corrected chi connectivity index (χ2v) is 30.7. The number of likely N-dealkylation sites (N-methyl/N-ethyl adjacent to an activating group) is 7. The molecule has 0 radical (unpaired) electrons. The van der Waals surface area contributed by atoms with Crippen molar-refractivity contribution in [3.8, 4) is 0 Å². The molecule has 2 heterocycles. The Hall–Kier alpha value is -7.10. The van der Waals surface area contributed by atoms with Gasteiger partial charge in [-0.05, 0) is 131 Å². The molecular weight excluding hydrogens is 1360 g/mol. The molecular formula is C74H117ClF3N13O12. The highest BCUT2D eigenvalue weighted by molar-refractivity contribution is 6.31. The predicted octanol–water partition coefficient (Wildman–Crippen LogP) is 6.00. The SMILES string of the molecule is CC[C@H](C)[C@@H]1NC(=O)[C@H](CC(C)C)N(C)C(=O)C[C@@H](C(=O)N2CCCCC2)N(C)C(=O)[C@H](C2CCCCC2)N(C)C(=O)C2(CCCC2)NC(=O)CN(CCCCN)C(=O)[C@H](CCc2ccc(C(F)(F)F)c(Cl)c2)NC(=O)CN(C)C(=O)[C@H](CC2CCCCC2)N(C)C(=O)CN(C)C(=O)CN(C)C1=O. The molecule has 2 aliphatic heterocycles. The summed E-state index contributed by atoms with van der Waals surface area (Å²) in [5.41, 5.74) is 3.55. The zero-order chi connectivity index (χ0) is 76.2. The van der Waals surface area contributed by atoms with Crippen LogP contribution in [0.3, 0.4) is 0 Å². The number of carbonyl (C=O) groups excluding carboxylic acids is 12. The average Bonchev–Trinajstić information content (AvgIpc) is 1.75. The molecule has 29 heteroatoms. The lowest BCUT2D eigenvalue weighted by atomic mass is 9.81. The van der Waals surface area contributed by atoms with Gasteiger partial charge in [-0.1, -0.05) is 116 Å². The van der Waals surface area contributed by atoms with Crippen molar-refractivity contribution in [3.63, 3.8) is 0 Å². The Labute approximate surface area is 612 Å². The maximum Gasteiger partial charge on any atom is 0.417 e. The lowest BCUT2D eigenvalue weighted by Gasteiger charge is -2.43. The van der Waals surface area contributed by atoms with E-state index in [0.717, 1.165) is 84.6 Å². The number of hydrogen-bond acceptors (Lipinski definition) is 13. The summed E-state index contributed by atoms with van der Waals surface area (Å²) in [6.07, 6.45) is 6.98. The van der Waals surface area contributed by atoms with Gasteiger partial charge in [-0.3, -0.25) is 57.5 Å². The zero-order valence-corrected chi connectivity index (χ0v) is 63.6. The van der Waals surface area contributed by atoms with Crippen molar-refractivity contribution in [2.75, 3.05) is 102 Å². The first-order valence-electron chi connectivity index (χ1n) is 37.5. The number of nitrogens with one attached hydrogen (secondary N) is 3. The van der Waals surface area contributed by atoms with Crippen molar-refractivity contribution in [2.24, 2.45) is 29.4 Å². The number of amides is 12. The second-order valence-electron chi connectivity index (χ2n) is 30.3. The molecule has 5 fully saturated rings. The second kappa shape index (κ2) is 39.3. The van der Waals surface area contributed by atoms with Crippen LogP contribution in [0.1, 0.15) is 193 Å². The molecule has 578 valence electrons. The highest BCUT2D eigenvalue weighted by atomic mass is 35.5. The van der Waals surface area contributed by atoms with E-state index in [4.69, 9.17) is 17.3 Å². The fraction of sp³-hybridized carbons (Fsp3) is 0.757. The molecule has 0 unspecified atom stereocenters. The fourth-order valence-electron chi connectivity index (χ4n) is 15.4. The molecule has 3 aliphatic carbocycles. The number of carbonyl (C=O) groups is 12. The summed E-state index contributed by atoms with van der Waals surface area (Å²) in [6, 6.07) is -4.49. The van der Waals surface area contributed by atoms with E-state index in [-0.39, 0.29) is 75.4 Å². The van der Waals surface area contributed by atoms with Crippen molar-refractivity contribution in [1.29, 1.82) is 0 Å². The van der Waals surface area contributed by atoms with E-state index in [1.807, 2.05) is 20.8 Å². The predicted molar refractivity (Wildman–Crippen MR) is 384 cm³/mol. The molecule has 7 atom stereocenters. The number of hydrogen-bond donors (Lipinski definition) is 4. The van der Waals surface area contributed by atoms with Gasteiger partial charge < -0.3 is 65.8 Å². The fourth-order valence-corrected chi connectivity index (χ4v) is 15.8. The van der Waals surface area contributed by atoms with Gasteiger partial charge in [0.25, 0.3) is 0 Å². The highest BCUT2D eigenvalue weighted by Gasteiger charge is 2.50. The van der Waals surface area contributed by atoms with E-state index in [1.165, 1.54) is 79.9 Å². The van der Waals surface area contributed by atoms with Crippen LogP contribution in [0.15, 0.2) is 18.2 Å². The van der Waals surface area contributed by atoms with Crippen LogP contribution in [-0.4, -0.2) is 258 Å². The van der Waals surface area contributed by atoms with Gasteiger partial charge in [0.15, 0.2) is 0 Å². The molecule has 1 aromatic carbocycles. The number of nitrogens with zero attached hydrogens (tertiary/aromatic N) is 9. The largest absolute Gasteiger partial charge is 0.417 e. The number of rotatable bonds is 15. The Bertz CT molecular complexity index is 3120. The first-order chi connectivity index (χ1) is 48.6. The normalized spacial score (nSPS) is 25.3. The lowest BCUT2D eigenvalue weighted by Crippen LogP contribution is -2.64. The van der Waals surface area contributed by atoms with Gasteiger partial charge in [-0.15, -0.1) is 0 Å². The summed E-state index contributed by atoms with van der Waals surface area (Å²) in [5.74, 6) is -9.00. The summed E-state index contributed by atoms with van der Waals surface area (Å²) >= 11 is 6.18. The lowest BCUT2D eigenvalue weighted by molar-refractivity contribution is -0.157. The quantitative estimate of drug-likeness (QED) is 0.147. The van der Waals surface area contributed by atoms with E-state index >= 15 is 24.0 Å². The summed E-state index contributed by atoms with van der Waals surface area (Å²) in [7, 11) is 9.98. The molecule has 2 saturated heterocycles. The average molecular weight is 1470 g/mol. The van der Waals surface area contributed by atoms with Crippen LogP contribution in [-0.2, 0) is 70.1 Å². The maximum atomic E-state index is 15.8. The van der Waals surface area contributed by atoms with Gasteiger partial charge in [0.1, 0.15) is 41.8 Å². The van der Waals surface area contributed by atoms with E-state index in [1.54, 1.807) is 11.8 Å².